The quantitative estimate of drug-likeness (QED) is 0.425. The Labute approximate surface area is 206 Å². The van der Waals surface area contributed by atoms with Crippen LogP contribution in [-0.4, -0.2) is 42.3 Å². The Balaban J connectivity index is 1.44. The van der Waals surface area contributed by atoms with Gasteiger partial charge in [-0.15, -0.1) is 0 Å². The summed E-state index contributed by atoms with van der Waals surface area (Å²) < 4.78 is 58.2. The van der Waals surface area contributed by atoms with Crippen LogP contribution in [0.25, 0.3) is 5.65 Å². The molecule has 1 aliphatic rings. The maximum atomic E-state index is 14.5. The number of carbonyl (C=O) groups excluding carboxylic acids is 1. The van der Waals surface area contributed by atoms with Crippen molar-refractivity contribution >= 4 is 33.3 Å². The van der Waals surface area contributed by atoms with Crippen molar-refractivity contribution in [2.75, 3.05) is 22.8 Å². The molecule has 0 aliphatic carbocycles. The van der Waals surface area contributed by atoms with Crippen LogP contribution >= 0.6 is 0 Å². The van der Waals surface area contributed by atoms with Crippen LogP contribution in [0.1, 0.15) is 34.9 Å². The molecule has 0 saturated carbocycles. The normalized spacial score (nSPS) is 15.9. The number of rotatable bonds is 6. The smallest absolute Gasteiger partial charge is 0.327 e. The number of nitrogens with one attached hydrogen (secondary N) is 1. The fourth-order valence-electron chi connectivity index (χ4n) is 4.38. The number of amides is 1. The Bertz CT molecular complexity index is 1540. The van der Waals surface area contributed by atoms with E-state index in [-0.39, 0.29) is 23.1 Å². The summed E-state index contributed by atoms with van der Waals surface area (Å²) in [6.07, 6.45) is 5.76. The average molecular weight is 513 g/mol. The second kappa shape index (κ2) is 9.19. The van der Waals surface area contributed by atoms with Crippen molar-refractivity contribution < 1.29 is 22.0 Å². The summed E-state index contributed by atoms with van der Waals surface area (Å²) in [5, 5.41) is 0. The number of hydrogen-bond donors (Lipinski definition) is 1. The third-order valence-corrected chi connectivity index (χ3v) is 7.53. The highest BCUT2D eigenvalue weighted by Crippen LogP contribution is 2.37. The second-order valence-corrected chi connectivity index (χ2v) is 10.1. The van der Waals surface area contributed by atoms with Gasteiger partial charge >= 0.3 is 10.2 Å². The van der Waals surface area contributed by atoms with E-state index in [0.717, 1.165) is 22.9 Å². The van der Waals surface area contributed by atoms with Crippen LogP contribution in [0.2, 0.25) is 0 Å². The zero-order valence-corrected chi connectivity index (χ0v) is 20.0. The van der Waals surface area contributed by atoms with Gasteiger partial charge in [-0.2, -0.15) is 8.42 Å². The first-order chi connectivity index (χ1) is 17.2. The predicted octanol–water partition coefficient (Wildman–Crippen LogP) is 3.46. The van der Waals surface area contributed by atoms with Gasteiger partial charge < -0.3 is 4.90 Å². The van der Waals surface area contributed by atoms with Crippen molar-refractivity contribution in [1.29, 1.82) is 0 Å². The molecule has 9 nitrogen and oxygen atoms in total. The fraction of sp³-hybridized carbons (Fsp3) is 0.208. The van der Waals surface area contributed by atoms with E-state index in [1.807, 2.05) is 9.62 Å². The molecule has 1 N–H and O–H groups in total. The maximum Gasteiger partial charge on any atom is 0.327 e. The molecule has 5 rings (SSSR count). The Hall–Kier alpha value is -4.06. The number of halogens is 2. The average Bonchev–Trinajstić information content (AvgIpc) is 3.52. The lowest BCUT2D eigenvalue weighted by atomic mass is 10.0. The van der Waals surface area contributed by atoms with Crippen LogP contribution in [0, 0.1) is 11.6 Å². The largest absolute Gasteiger partial charge is 0.363 e. The molecule has 1 fully saturated rings. The molecule has 1 saturated heterocycles. The molecule has 0 spiro atoms. The number of benzene rings is 1. The number of carbonyl (C=O) groups is 1. The fourth-order valence-corrected chi connectivity index (χ4v) is 5.21. The standard InChI is InChI=1S/C24H22F2N6O3S/c1-30(22-6-2-3-11-27-22)36(34,35)29-24(33)21-14-28-23-10-8-17(15-32(21)23)31-12-4-5-20(31)18-13-16(25)7-9-19(18)26/h2-3,6-11,13-15,20H,4-5,12H2,1H3,(H,29,33). The highest BCUT2D eigenvalue weighted by atomic mass is 32.2. The number of pyridine rings is 2. The zero-order valence-electron chi connectivity index (χ0n) is 19.2. The highest BCUT2D eigenvalue weighted by molar-refractivity contribution is 7.91. The van der Waals surface area contributed by atoms with Gasteiger partial charge in [0.15, 0.2) is 0 Å². The first-order valence-corrected chi connectivity index (χ1v) is 12.6. The first-order valence-electron chi connectivity index (χ1n) is 11.2. The summed E-state index contributed by atoms with van der Waals surface area (Å²) >= 11 is 0. The van der Waals surface area contributed by atoms with E-state index >= 15 is 0 Å². The molecule has 1 unspecified atom stereocenters. The Morgan fingerprint density at radius 3 is 2.75 bits per heavy atom. The third-order valence-electron chi connectivity index (χ3n) is 6.18. The lowest BCUT2D eigenvalue weighted by molar-refractivity contribution is 0.0975. The van der Waals surface area contributed by atoms with E-state index in [9.17, 15) is 22.0 Å². The molecule has 186 valence electrons. The van der Waals surface area contributed by atoms with Crippen molar-refractivity contribution in [3.05, 3.63) is 90.0 Å². The lowest BCUT2D eigenvalue weighted by Crippen LogP contribution is -2.42. The van der Waals surface area contributed by atoms with E-state index in [1.54, 1.807) is 30.5 Å². The van der Waals surface area contributed by atoms with Crippen LogP contribution in [-0.2, 0) is 10.2 Å². The van der Waals surface area contributed by atoms with Crippen LogP contribution in [0.15, 0.2) is 67.1 Å². The van der Waals surface area contributed by atoms with Gasteiger partial charge in [-0.3, -0.25) is 9.20 Å². The van der Waals surface area contributed by atoms with Gasteiger partial charge in [0.05, 0.1) is 17.9 Å². The second-order valence-electron chi connectivity index (χ2n) is 8.37. The number of anilines is 2. The van der Waals surface area contributed by atoms with E-state index in [1.165, 1.54) is 36.0 Å². The van der Waals surface area contributed by atoms with Crippen LogP contribution in [0.3, 0.4) is 0 Å². The van der Waals surface area contributed by atoms with Crippen molar-refractivity contribution in [3.63, 3.8) is 0 Å². The molecular formula is C24H22F2N6O3S. The summed E-state index contributed by atoms with van der Waals surface area (Å²) in [5.74, 6) is -1.74. The van der Waals surface area contributed by atoms with E-state index in [4.69, 9.17) is 0 Å². The van der Waals surface area contributed by atoms with Crippen molar-refractivity contribution in [1.82, 2.24) is 19.1 Å². The van der Waals surface area contributed by atoms with E-state index in [2.05, 4.69) is 9.97 Å². The zero-order chi connectivity index (χ0) is 25.4. The summed E-state index contributed by atoms with van der Waals surface area (Å²) in [6, 6.07) is 11.3. The SMILES string of the molecule is CN(c1ccccn1)S(=O)(=O)NC(=O)c1cnc2ccc(N3CCCC3c3cc(F)ccc3F)cn12. The van der Waals surface area contributed by atoms with Crippen LogP contribution in [0.4, 0.5) is 20.3 Å². The Kier molecular flexibility index (Phi) is 6.04. The van der Waals surface area contributed by atoms with Crippen LogP contribution < -0.4 is 13.9 Å². The van der Waals surface area contributed by atoms with Gasteiger partial charge in [0.1, 0.15) is 28.8 Å². The van der Waals surface area contributed by atoms with Crippen molar-refractivity contribution in [2.45, 2.75) is 18.9 Å². The number of nitrogens with zero attached hydrogens (tertiary/aromatic N) is 5. The Morgan fingerprint density at radius 1 is 1.14 bits per heavy atom. The molecule has 36 heavy (non-hydrogen) atoms. The van der Waals surface area contributed by atoms with Gasteiger partial charge in [0.25, 0.3) is 5.91 Å². The molecule has 4 heterocycles. The number of fused-ring (bicyclic) bond motifs is 1. The van der Waals surface area contributed by atoms with Gasteiger partial charge in [-0.25, -0.2) is 27.8 Å². The molecule has 3 aromatic heterocycles. The molecule has 0 radical (unpaired) electrons. The van der Waals surface area contributed by atoms with Crippen molar-refractivity contribution in [2.24, 2.45) is 0 Å². The van der Waals surface area contributed by atoms with Gasteiger partial charge in [-0.05, 0) is 55.3 Å². The topological polar surface area (TPSA) is 99.9 Å². The molecular weight excluding hydrogens is 490 g/mol. The van der Waals surface area contributed by atoms with Gasteiger partial charge in [0, 0.05) is 31.5 Å². The summed E-state index contributed by atoms with van der Waals surface area (Å²) in [4.78, 5) is 23.1. The van der Waals surface area contributed by atoms with Gasteiger partial charge in [-0.1, -0.05) is 6.07 Å². The summed E-state index contributed by atoms with van der Waals surface area (Å²) in [7, 11) is -2.96. The van der Waals surface area contributed by atoms with Crippen LogP contribution in [0.5, 0.6) is 0 Å². The van der Waals surface area contributed by atoms with Crippen molar-refractivity contribution in [3.8, 4) is 0 Å². The number of hydrogen-bond acceptors (Lipinski definition) is 6. The molecule has 0 bridgehead atoms. The van der Waals surface area contributed by atoms with Gasteiger partial charge in [0.2, 0.25) is 0 Å². The van der Waals surface area contributed by atoms with E-state index in [0.29, 0.717) is 24.3 Å². The first kappa shape index (κ1) is 23.7. The number of aromatic nitrogens is 3. The molecule has 12 heteroatoms. The Morgan fingerprint density at radius 2 is 1.97 bits per heavy atom. The molecule has 1 atom stereocenters. The third kappa shape index (κ3) is 4.35. The molecule has 1 amide bonds. The molecule has 4 aromatic rings. The summed E-state index contributed by atoms with van der Waals surface area (Å²) in [5.41, 5.74) is 1.35. The van der Waals surface area contributed by atoms with E-state index < -0.39 is 27.8 Å². The summed E-state index contributed by atoms with van der Waals surface area (Å²) in [6.45, 7) is 0.603. The minimum Gasteiger partial charge on any atom is -0.363 e. The highest BCUT2D eigenvalue weighted by Gasteiger charge is 2.30. The number of imidazole rings is 1. The molecule has 1 aliphatic heterocycles. The predicted molar refractivity (Wildman–Crippen MR) is 130 cm³/mol. The monoisotopic (exact) mass is 512 g/mol. The molecule has 1 aromatic carbocycles. The minimum absolute atomic E-state index is 0.00229. The minimum atomic E-state index is -4.24. The lowest BCUT2D eigenvalue weighted by Gasteiger charge is -2.27. The maximum absolute atomic E-state index is 14.5.